The number of hydrogen-bond donors (Lipinski definition) is 3. The normalized spacial score (nSPS) is 16.5. The Morgan fingerprint density at radius 1 is 1.37 bits per heavy atom. The fourth-order valence-corrected chi connectivity index (χ4v) is 3.67. The van der Waals surface area contributed by atoms with Crippen LogP contribution in [0.1, 0.15) is 60.5 Å². The second kappa shape index (κ2) is 9.18. The largest absolute Gasteiger partial charge is 0.396 e. The number of halogens is 3. The van der Waals surface area contributed by atoms with E-state index < -0.39 is 28.7 Å². The van der Waals surface area contributed by atoms with E-state index in [9.17, 15) is 13.6 Å². The first-order chi connectivity index (χ1) is 14.2. The number of nitrogen functional groups attached to an aromatic ring is 1. The quantitative estimate of drug-likeness (QED) is 0.306. The molecule has 1 aliphatic rings. The maximum Gasteiger partial charge on any atom is 0.217 e. The molecule has 1 aromatic heterocycles. The zero-order valence-corrected chi connectivity index (χ0v) is 18.3. The zero-order chi connectivity index (χ0) is 22.0. The molecule has 9 heteroatoms. The molecule has 2 heterocycles. The summed E-state index contributed by atoms with van der Waals surface area (Å²) >= 11 is 3.26. The molecule has 0 saturated carbocycles. The molecule has 1 saturated heterocycles. The molecular weight excluding hydrogens is 458 g/mol. The summed E-state index contributed by atoms with van der Waals surface area (Å²) in [6, 6.07) is 2.55. The van der Waals surface area contributed by atoms with Gasteiger partial charge in [-0.25, -0.2) is 13.8 Å². The zero-order valence-electron chi connectivity index (χ0n) is 16.7. The van der Waals surface area contributed by atoms with Crippen molar-refractivity contribution in [2.45, 2.75) is 45.3 Å². The average molecular weight is 481 g/mol. The van der Waals surface area contributed by atoms with Gasteiger partial charge >= 0.3 is 0 Å². The number of nitrogens with one attached hydrogen (secondary N) is 2. The molecule has 6 nitrogen and oxygen atoms in total. The first-order valence-corrected chi connectivity index (χ1v) is 10.4. The number of nitrogens with zero attached hydrogens (tertiary/aromatic N) is 1. The van der Waals surface area contributed by atoms with Crippen LogP contribution in [0.25, 0.3) is 0 Å². The van der Waals surface area contributed by atoms with Crippen molar-refractivity contribution in [2.24, 2.45) is 0 Å². The molecule has 160 valence electrons. The highest BCUT2D eigenvalue weighted by molar-refractivity contribution is 9.10. The van der Waals surface area contributed by atoms with Gasteiger partial charge in [0.2, 0.25) is 5.78 Å². The molecule has 1 fully saturated rings. The number of ether oxygens (including phenoxy) is 1. The average Bonchev–Trinajstić information content (AvgIpc) is 2.72. The number of carbonyl (C=O) groups is 1. The monoisotopic (exact) mass is 480 g/mol. The van der Waals surface area contributed by atoms with Gasteiger partial charge in [-0.2, -0.15) is 0 Å². The third kappa shape index (κ3) is 4.52. The summed E-state index contributed by atoms with van der Waals surface area (Å²) in [5.41, 5.74) is 4.44. The number of rotatable bonds is 6. The Kier molecular flexibility index (Phi) is 6.82. The van der Waals surface area contributed by atoms with E-state index in [-0.39, 0.29) is 34.8 Å². The maximum absolute atomic E-state index is 14.8. The van der Waals surface area contributed by atoms with E-state index in [1.165, 1.54) is 12.3 Å². The van der Waals surface area contributed by atoms with Crippen LogP contribution < -0.4 is 11.1 Å². The Morgan fingerprint density at radius 2 is 2.10 bits per heavy atom. The molecule has 0 spiro atoms. The van der Waals surface area contributed by atoms with Crippen molar-refractivity contribution in [1.29, 1.82) is 5.41 Å². The summed E-state index contributed by atoms with van der Waals surface area (Å²) in [7, 11) is 0. The second-order valence-corrected chi connectivity index (χ2v) is 8.37. The maximum atomic E-state index is 14.8. The van der Waals surface area contributed by atoms with Crippen molar-refractivity contribution in [3.63, 3.8) is 0 Å². The van der Waals surface area contributed by atoms with Crippen molar-refractivity contribution in [2.75, 3.05) is 17.7 Å². The molecule has 1 atom stereocenters. The predicted molar refractivity (Wildman–Crippen MR) is 115 cm³/mol. The third-order valence-corrected chi connectivity index (χ3v) is 5.40. The number of anilines is 2. The van der Waals surface area contributed by atoms with Gasteiger partial charge in [-0.3, -0.25) is 10.2 Å². The summed E-state index contributed by atoms with van der Waals surface area (Å²) in [4.78, 5) is 17.1. The molecule has 0 bridgehead atoms. The molecule has 1 aliphatic heterocycles. The van der Waals surface area contributed by atoms with Crippen molar-refractivity contribution in [3.8, 4) is 0 Å². The van der Waals surface area contributed by atoms with Gasteiger partial charge in [-0.1, -0.05) is 13.8 Å². The van der Waals surface area contributed by atoms with Crippen molar-refractivity contribution >= 4 is 38.9 Å². The standard InChI is InChI=1S/C21H23BrF2N4O2/c1-10(2)12-8-14(23)16(17(24)18(12)25)20(29)19(26)13-7-11(22)9-27-21(13)28-15-5-3-4-6-30-15/h7-10,15,26H,3-6,25H2,1-2H3,(H,27,28). The number of benzene rings is 1. The van der Waals surface area contributed by atoms with E-state index in [0.717, 1.165) is 25.3 Å². The molecular formula is C21H23BrF2N4O2. The van der Waals surface area contributed by atoms with Gasteiger partial charge in [0.05, 0.1) is 11.3 Å². The summed E-state index contributed by atoms with van der Waals surface area (Å²) in [6.45, 7) is 4.08. The Balaban J connectivity index is 1.98. The molecule has 4 N–H and O–H groups in total. The Morgan fingerprint density at radius 3 is 2.73 bits per heavy atom. The number of pyridine rings is 1. The van der Waals surface area contributed by atoms with Crippen LogP contribution in [0.2, 0.25) is 0 Å². The number of hydrogen-bond acceptors (Lipinski definition) is 6. The van der Waals surface area contributed by atoms with Crippen LogP contribution in [-0.4, -0.2) is 29.3 Å². The SMILES string of the molecule is CC(C)c1cc(F)c(C(=O)C(=N)c2cc(Br)cnc2NC2CCCCO2)c(F)c1N. The van der Waals surface area contributed by atoms with Crippen LogP contribution in [0.5, 0.6) is 0 Å². The Bertz CT molecular complexity index is 991. The molecule has 0 aliphatic carbocycles. The van der Waals surface area contributed by atoms with E-state index in [1.54, 1.807) is 13.8 Å². The fraction of sp³-hybridized carbons (Fsp3) is 0.381. The summed E-state index contributed by atoms with van der Waals surface area (Å²) in [5.74, 6) is -3.30. The molecule has 0 radical (unpaired) electrons. The van der Waals surface area contributed by atoms with Crippen LogP contribution in [0.3, 0.4) is 0 Å². The van der Waals surface area contributed by atoms with Crippen LogP contribution in [0.15, 0.2) is 22.8 Å². The Hall–Kier alpha value is -2.39. The van der Waals surface area contributed by atoms with Crippen LogP contribution in [0, 0.1) is 17.0 Å². The van der Waals surface area contributed by atoms with E-state index in [1.807, 2.05) is 0 Å². The summed E-state index contributed by atoms with van der Waals surface area (Å²) in [6.07, 6.45) is 3.86. The summed E-state index contributed by atoms with van der Waals surface area (Å²) < 4.78 is 35.6. The highest BCUT2D eigenvalue weighted by atomic mass is 79.9. The Labute approximate surface area is 181 Å². The van der Waals surface area contributed by atoms with E-state index >= 15 is 0 Å². The lowest BCUT2D eigenvalue weighted by atomic mass is 9.94. The minimum Gasteiger partial charge on any atom is -0.396 e. The lowest BCUT2D eigenvalue weighted by molar-refractivity contribution is 0.0341. The highest BCUT2D eigenvalue weighted by Gasteiger charge is 2.28. The number of aromatic nitrogens is 1. The highest BCUT2D eigenvalue weighted by Crippen LogP contribution is 2.30. The molecule has 3 rings (SSSR count). The number of nitrogens with two attached hydrogens (primary N) is 1. The second-order valence-electron chi connectivity index (χ2n) is 7.46. The molecule has 1 unspecified atom stereocenters. The molecule has 2 aromatic rings. The smallest absolute Gasteiger partial charge is 0.217 e. The van der Waals surface area contributed by atoms with Gasteiger partial charge in [0.1, 0.15) is 23.6 Å². The lowest BCUT2D eigenvalue weighted by Crippen LogP contribution is -2.29. The number of Topliss-reactive ketones (excluding diaryl/α,β-unsaturated/α-hetero) is 1. The molecule has 0 amide bonds. The van der Waals surface area contributed by atoms with Crippen molar-refractivity contribution in [3.05, 3.63) is 51.1 Å². The van der Waals surface area contributed by atoms with Gasteiger partial charge in [-0.15, -0.1) is 0 Å². The lowest BCUT2D eigenvalue weighted by Gasteiger charge is -2.25. The van der Waals surface area contributed by atoms with E-state index in [4.69, 9.17) is 15.9 Å². The predicted octanol–water partition coefficient (Wildman–Crippen LogP) is 5.02. The first kappa shape index (κ1) is 22.3. The molecule has 1 aromatic carbocycles. The first-order valence-electron chi connectivity index (χ1n) is 9.65. The minimum atomic E-state index is -1.15. The number of carbonyl (C=O) groups excluding carboxylic acids is 1. The van der Waals surface area contributed by atoms with Crippen molar-refractivity contribution < 1.29 is 18.3 Å². The van der Waals surface area contributed by atoms with Crippen molar-refractivity contribution in [1.82, 2.24) is 4.98 Å². The van der Waals surface area contributed by atoms with Gasteiger partial charge in [-0.05, 0) is 58.8 Å². The van der Waals surface area contributed by atoms with Gasteiger partial charge < -0.3 is 15.8 Å². The summed E-state index contributed by atoms with van der Waals surface area (Å²) in [5, 5.41) is 11.4. The van der Waals surface area contributed by atoms with Crippen LogP contribution in [0.4, 0.5) is 20.3 Å². The minimum absolute atomic E-state index is 0.105. The van der Waals surface area contributed by atoms with Crippen LogP contribution in [-0.2, 0) is 4.74 Å². The van der Waals surface area contributed by atoms with Gasteiger partial charge in [0, 0.05) is 22.8 Å². The topological polar surface area (TPSA) is 101 Å². The van der Waals surface area contributed by atoms with Crippen LogP contribution >= 0.6 is 15.9 Å². The number of ketones is 1. The third-order valence-electron chi connectivity index (χ3n) is 4.97. The van der Waals surface area contributed by atoms with Gasteiger partial charge in [0.25, 0.3) is 0 Å². The van der Waals surface area contributed by atoms with E-state index in [2.05, 4.69) is 26.2 Å². The van der Waals surface area contributed by atoms with E-state index in [0.29, 0.717) is 11.1 Å². The molecule has 30 heavy (non-hydrogen) atoms. The van der Waals surface area contributed by atoms with Gasteiger partial charge in [0.15, 0.2) is 5.82 Å². The fourth-order valence-electron chi connectivity index (χ4n) is 3.34.